The Morgan fingerprint density at radius 3 is 2.90 bits per heavy atom. The van der Waals surface area contributed by atoms with E-state index < -0.39 is 6.09 Å². The maximum Gasteiger partial charge on any atom is 0.407 e. The van der Waals surface area contributed by atoms with Crippen LogP contribution in [-0.4, -0.2) is 22.2 Å². The summed E-state index contributed by atoms with van der Waals surface area (Å²) in [6, 6.07) is 9.55. The highest BCUT2D eigenvalue weighted by Crippen LogP contribution is 2.00. The van der Waals surface area contributed by atoms with Crippen LogP contribution in [0.5, 0.6) is 0 Å². The van der Waals surface area contributed by atoms with Crippen LogP contribution in [0.15, 0.2) is 42.9 Å². The number of amides is 1. The van der Waals surface area contributed by atoms with Gasteiger partial charge in [0.1, 0.15) is 12.3 Å². The smallest absolute Gasteiger partial charge is 0.407 e. The number of nitrogens with one attached hydrogen (secondary N) is 1. The Morgan fingerprint density at radius 2 is 2.19 bits per heavy atom. The molecule has 0 saturated heterocycles. The van der Waals surface area contributed by atoms with Gasteiger partial charge < -0.3 is 14.6 Å². The first-order valence-electron chi connectivity index (χ1n) is 6.65. The molecule has 0 spiro atoms. The fourth-order valence-electron chi connectivity index (χ4n) is 1.63. The lowest BCUT2D eigenvalue weighted by molar-refractivity contribution is 0.140. The van der Waals surface area contributed by atoms with E-state index in [0.29, 0.717) is 13.0 Å². The van der Waals surface area contributed by atoms with E-state index in [1.165, 1.54) is 0 Å². The van der Waals surface area contributed by atoms with Gasteiger partial charge in [0.25, 0.3) is 0 Å². The lowest BCUT2D eigenvalue weighted by Gasteiger charge is -2.05. The van der Waals surface area contributed by atoms with Gasteiger partial charge in [-0.1, -0.05) is 36.3 Å². The van der Waals surface area contributed by atoms with Crippen molar-refractivity contribution in [1.82, 2.24) is 14.9 Å². The van der Waals surface area contributed by atoms with E-state index in [-0.39, 0.29) is 6.61 Å². The molecule has 1 amide bonds. The standard InChI is InChI=1S/C16H17N3O2/c1-19-11-15(18-13-19)9-5-6-10-17-16(20)21-12-14-7-3-2-4-8-14/h2-4,7-8,11,13H,6,10,12H2,1H3,(H,17,20). The highest BCUT2D eigenvalue weighted by molar-refractivity contribution is 5.67. The Bertz CT molecular complexity index is 638. The largest absolute Gasteiger partial charge is 0.445 e. The zero-order valence-electron chi connectivity index (χ0n) is 11.9. The molecule has 0 atom stereocenters. The molecule has 1 aromatic heterocycles. The van der Waals surface area contributed by atoms with Crippen LogP contribution in [0.2, 0.25) is 0 Å². The summed E-state index contributed by atoms with van der Waals surface area (Å²) in [5.74, 6) is 5.87. The molecule has 5 nitrogen and oxygen atoms in total. The minimum atomic E-state index is -0.432. The van der Waals surface area contributed by atoms with Gasteiger partial charge in [-0.3, -0.25) is 0 Å². The predicted octanol–water partition coefficient (Wildman–Crippen LogP) is 2.09. The summed E-state index contributed by atoms with van der Waals surface area (Å²) in [4.78, 5) is 15.5. The van der Waals surface area contributed by atoms with E-state index in [4.69, 9.17) is 4.74 Å². The molecule has 0 aliphatic rings. The van der Waals surface area contributed by atoms with Crippen LogP contribution < -0.4 is 5.32 Å². The molecule has 2 rings (SSSR count). The monoisotopic (exact) mass is 283 g/mol. The summed E-state index contributed by atoms with van der Waals surface area (Å²) in [6.07, 6.45) is 3.66. The Morgan fingerprint density at radius 1 is 1.38 bits per heavy atom. The number of aromatic nitrogens is 2. The summed E-state index contributed by atoms with van der Waals surface area (Å²) in [5.41, 5.74) is 1.69. The van der Waals surface area contributed by atoms with Gasteiger partial charge >= 0.3 is 6.09 Å². The summed E-state index contributed by atoms with van der Waals surface area (Å²) >= 11 is 0. The molecule has 1 N–H and O–H groups in total. The summed E-state index contributed by atoms with van der Waals surface area (Å²) in [6.45, 7) is 0.722. The Balaban J connectivity index is 1.62. The number of benzene rings is 1. The first-order chi connectivity index (χ1) is 10.2. The van der Waals surface area contributed by atoms with Crippen molar-refractivity contribution in [2.45, 2.75) is 13.0 Å². The second kappa shape index (κ2) is 7.75. The molecule has 0 bridgehead atoms. The molecule has 2 aromatic rings. The summed E-state index contributed by atoms with van der Waals surface area (Å²) < 4.78 is 6.92. The number of aryl methyl sites for hydroxylation is 1. The minimum absolute atomic E-state index is 0.270. The predicted molar refractivity (Wildman–Crippen MR) is 79.3 cm³/mol. The second-order valence-corrected chi connectivity index (χ2v) is 4.46. The molecular weight excluding hydrogens is 266 g/mol. The van der Waals surface area contributed by atoms with E-state index in [1.54, 1.807) is 6.33 Å². The molecule has 0 aliphatic carbocycles. The van der Waals surface area contributed by atoms with Gasteiger partial charge in [0.2, 0.25) is 0 Å². The van der Waals surface area contributed by atoms with Crippen molar-refractivity contribution < 1.29 is 9.53 Å². The zero-order chi connectivity index (χ0) is 14.9. The van der Waals surface area contributed by atoms with Crippen molar-refractivity contribution in [3.05, 3.63) is 54.1 Å². The van der Waals surface area contributed by atoms with Gasteiger partial charge in [-0.15, -0.1) is 0 Å². The van der Waals surface area contributed by atoms with Crippen LogP contribution in [0.1, 0.15) is 17.7 Å². The normalized spacial score (nSPS) is 9.57. The third-order valence-corrected chi connectivity index (χ3v) is 2.65. The number of carbonyl (C=O) groups is 1. The van der Waals surface area contributed by atoms with Crippen molar-refractivity contribution in [2.75, 3.05) is 6.54 Å². The van der Waals surface area contributed by atoms with Gasteiger partial charge in [-0.2, -0.15) is 0 Å². The van der Waals surface area contributed by atoms with Crippen LogP contribution in [-0.2, 0) is 18.4 Å². The van der Waals surface area contributed by atoms with E-state index in [1.807, 2.05) is 48.1 Å². The lowest BCUT2D eigenvalue weighted by atomic mass is 10.2. The van der Waals surface area contributed by atoms with Crippen molar-refractivity contribution in [3.8, 4) is 11.8 Å². The van der Waals surface area contributed by atoms with Gasteiger partial charge in [-0.05, 0) is 11.5 Å². The van der Waals surface area contributed by atoms with Crippen molar-refractivity contribution >= 4 is 6.09 Å². The topological polar surface area (TPSA) is 56.2 Å². The number of nitrogens with zero attached hydrogens (tertiary/aromatic N) is 2. The average Bonchev–Trinajstić information content (AvgIpc) is 2.91. The van der Waals surface area contributed by atoms with Gasteiger partial charge in [-0.25, -0.2) is 9.78 Å². The molecule has 0 aliphatic heterocycles. The Kier molecular flexibility index (Phi) is 5.41. The molecule has 0 radical (unpaired) electrons. The molecule has 5 heteroatoms. The van der Waals surface area contributed by atoms with Gasteiger partial charge in [0, 0.05) is 26.2 Å². The molecule has 1 heterocycles. The van der Waals surface area contributed by atoms with Crippen molar-refractivity contribution in [1.29, 1.82) is 0 Å². The quantitative estimate of drug-likeness (QED) is 0.690. The number of hydrogen-bond acceptors (Lipinski definition) is 3. The second-order valence-electron chi connectivity index (χ2n) is 4.46. The number of rotatable bonds is 4. The van der Waals surface area contributed by atoms with Gasteiger partial charge in [0.15, 0.2) is 0 Å². The van der Waals surface area contributed by atoms with E-state index in [9.17, 15) is 4.79 Å². The molecule has 1 aromatic carbocycles. The molecule has 0 saturated carbocycles. The highest BCUT2D eigenvalue weighted by Gasteiger charge is 2.00. The molecule has 21 heavy (non-hydrogen) atoms. The Labute approximate surface area is 124 Å². The molecular formula is C16H17N3O2. The summed E-state index contributed by atoms with van der Waals surface area (Å²) in [5, 5.41) is 2.66. The van der Waals surface area contributed by atoms with E-state index in [2.05, 4.69) is 22.1 Å². The fraction of sp³-hybridized carbons (Fsp3) is 0.250. The zero-order valence-corrected chi connectivity index (χ0v) is 11.9. The average molecular weight is 283 g/mol. The van der Waals surface area contributed by atoms with Crippen LogP contribution >= 0.6 is 0 Å². The van der Waals surface area contributed by atoms with Gasteiger partial charge in [0.05, 0.1) is 6.33 Å². The third-order valence-electron chi connectivity index (χ3n) is 2.65. The fourth-order valence-corrected chi connectivity index (χ4v) is 1.63. The first-order valence-corrected chi connectivity index (χ1v) is 6.65. The van der Waals surface area contributed by atoms with Crippen LogP contribution in [0, 0.1) is 11.8 Å². The lowest BCUT2D eigenvalue weighted by Crippen LogP contribution is -2.24. The van der Waals surface area contributed by atoms with E-state index >= 15 is 0 Å². The maximum absolute atomic E-state index is 11.5. The van der Waals surface area contributed by atoms with Crippen molar-refractivity contribution in [3.63, 3.8) is 0 Å². The minimum Gasteiger partial charge on any atom is -0.445 e. The highest BCUT2D eigenvalue weighted by atomic mass is 16.5. The Hall–Kier alpha value is -2.74. The maximum atomic E-state index is 11.5. The first kappa shape index (κ1) is 14.7. The number of imidazole rings is 1. The molecule has 108 valence electrons. The molecule has 0 fully saturated rings. The van der Waals surface area contributed by atoms with Crippen LogP contribution in [0.3, 0.4) is 0 Å². The number of carbonyl (C=O) groups excluding carboxylic acids is 1. The summed E-state index contributed by atoms with van der Waals surface area (Å²) in [7, 11) is 1.89. The number of hydrogen-bond donors (Lipinski definition) is 1. The van der Waals surface area contributed by atoms with E-state index in [0.717, 1.165) is 11.3 Å². The SMILES string of the molecule is Cn1cnc(C#CCCNC(=O)OCc2ccccc2)c1. The van der Waals surface area contributed by atoms with Crippen LogP contribution in [0.25, 0.3) is 0 Å². The number of ether oxygens (including phenoxy) is 1. The third kappa shape index (κ3) is 5.41. The number of alkyl carbamates (subject to hydrolysis) is 1. The molecule has 0 unspecified atom stereocenters. The van der Waals surface area contributed by atoms with Crippen LogP contribution in [0.4, 0.5) is 4.79 Å². The van der Waals surface area contributed by atoms with Crippen molar-refractivity contribution in [2.24, 2.45) is 7.05 Å².